The van der Waals surface area contributed by atoms with Gasteiger partial charge in [-0.25, -0.2) is 9.78 Å². The van der Waals surface area contributed by atoms with Crippen LogP contribution in [0, 0.1) is 0 Å². The molecule has 12 heteroatoms. The summed E-state index contributed by atoms with van der Waals surface area (Å²) in [6.07, 6.45) is 0.292. The summed E-state index contributed by atoms with van der Waals surface area (Å²) in [4.78, 5) is 54.1. The lowest BCUT2D eigenvalue weighted by Gasteiger charge is -2.37. The third-order valence-corrected chi connectivity index (χ3v) is 6.27. The Kier molecular flexibility index (Phi) is 7.86. The van der Waals surface area contributed by atoms with E-state index in [-0.39, 0.29) is 30.7 Å². The Hall–Kier alpha value is -2.50. The first-order valence-corrected chi connectivity index (χ1v) is 10.9. The van der Waals surface area contributed by atoms with Crippen LogP contribution in [-0.4, -0.2) is 62.9 Å². The van der Waals surface area contributed by atoms with E-state index in [1.165, 1.54) is 24.2 Å². The summed E-state index contributed by atoms with van der Waals surface area (Å²) >= 11 is 9.34. The molecule has 3 rings (SSSR count). The van der Waals surface area contributed by atoms with Crippen molar-refractivity contribution in [2.75, 3.05) is 13.3 Å². The van der Waals surface area contributed by atoms with Crippen molar-refractivity contribution in [3.05, 3.63) is 38.3 Å². The van der Waals surface area contributed by atoms with Crippen LogP contribution in [0.3, 0.4) is 0 Å². The number of carbonyl (C=O) groups excluding carboxylic acids is 3. The van der Waals surface area contributed by atoms with Gasteiger partial charge in [0.2, 0.25) is 6.79 Å². The number of piperidine rings is 1. The second kappa shape index (κ2) is 10.4. The molecule has 0 spiro atoms. The van der Waals surface area contributed by atoms with Gasteiger partial charge in [-0.05, 0) is 40.9 Å². The van der Waals surface area contributed by atoms with Crippen LogP contribution in [0.1, 0.15) is 26.2 Å². The van der Waals surface area contributed by atoms with Crippen LogP contribution in [-0.2, 0) is 25.6 Å². The minimum atomic E-state index is -0.934. The molecule has 1 saturated heterocycles. The average molecular weight is 531 g/mol. The van der Waals surface area contributed by atoms with Crippen LogP contribution in [0.2, 0.25) is 5.02 Å². The Labute approximate surface area is 196 Å². The van der Waals surface area contributed by atoms with Gasteiger partial charge in [0.15, 0.2) is 5.78 Å². The number of aliphatic hydroxyl groups is 1. The van der Waals surface area contributed by atoms with Gasteiger partial charge >= 0.3 is 12.1 Å². The van der Waals surface area contributed by atoms with E-state index in [2.05, 4.69) is 25.7 Å². The number of likely N-dealkylation sites (tertiary alicyclic amines) is 1. The predicted octanol–water partition coefficient (Wildman–Crippen LogP) is 2.25. The number of fused-ring (bicyclic) bond motifs is 1. The molecule has 2 heterocycles. The largest absolute Gasteiger partial charge is 0.428 e. The van der Waals surface area contributed by atoms with Gasteiger partial charge in [0.05, 0.1) is 40.9 Å². The quantitative estimate of drug-likeness (QED) is 0.445. The summed E-state index contributed by atoms with van der Waals surface area (Å²) in [7, 11) is 0. The molecule has 0 unspecified atom stereocenters. The number of hydrogen-bond donors (Lipinski definition) is 1. The van der Waals surface area contributed by atoms with Crippen LogP contribution in [0.25, 0.3) is 10.9 Å². The van der Waals surface area contributed by atoms with E-state index < -0.39 is 36.6 Å². The zero-order valence-electron chi connectivity index (χ0n) is 17.1. The summed E-state index contributed by atoms with van der Waals surface area (Å²) in [6.45, 7) is 0.613. The van der Waals surface area contributed by atoms with Gasteiger partial charge in [0.25, 0.3) is 5.56 Å². The maximum absolute atomic E-state index is 12.8. The molecule has 1 aromatic heterocycles. The molecular weight excluding hydrogens is 510 g/mol. The van der Waals surface area contributed by atoms with E-state index in [1.807, 2.05) is 0 Å². The normalized spacial score (nSPS) is 18.4. The van der Waals surface area contributed by atoms with Crippen LogP contribution in [0.4, 0.5) is 4.79 Å². The standard InChI is InChI=1S/C20H21BrClN3O7/c1-11(26)31-10-32-20(30)25-4-2-3-18(28)17(25)5-12(27)8-24-9-23-16-7-14(21)15(22)6-13(16)19(24)29/h6-7,9,17-18,28H,2-5,8,10H2,1H3/t17-,18+/m0/s1. The number of aliphatic hydroxyl groups excluding tert-OH is 1. The number of esters is 1. The lowest BCUT2D eigenvalue weighted by molar-refractivity contribution is -0.150. The van der Waals surface area contributed by atoms with E-state index in [0.29, 0.717) is 27.9 Å². The fourth-order valence-electron chi connectivity index (χ4n) is 3.51. The third-order valence-electron chi connectivity index (χ3n) is 5.07. The first-order valence-electron chi connectivity index (χ1n) is 9.78. The molecule has 10 nitrogen and oxygen atoms in total. The molecule has 1 amide bonds. The van der Waals surface area contributed by atoms with Crippen LogP contribution in [0.15, 0.2) is 27.7 Å². The molecule has 2 atom stereocenters. The third kappa shape index (κ3) is 5.64. The monoisotopic (exact) mass is 529 g/mol. The maximum Gasteiger partial charge on any atom is 0.413 e. The molecule has 0 bridgehead atoms. The highest BCUT2D eigenvalue weighted by Crippen LogP contribution is 2.26. The second-order valence-corrected chi connectivity index (χ2v) is 8.60. The van der Waals surface area contributed by atoms with E-state index in [1.54, 1.807) is 6.07 Å². The molecule has 1 fully saturated rings. The number of Topliss-reactive ketones (excluding diaryl/α,β-unsaturated/α-hetero) is 1. The number of benzene rings is 1. The topological polar surface area (TPSA) is 128 Å². The van der Waals surface area contributed by atoms with Crippen LogP contribution < -0.4 is 5.56 Å². The molecule has 0 aliphatic carbocycles. The number of ketones is 1. The Morgan fingerprint density at radius 2 is 2.06 bits per heavy atom. The molecule has 1 aromatic carbocycles. The highest BCUT2D eigenvalue weighted by molar-refractivity contribution is 9.10. The number of hydrogen-bond acceptors (Lipinski definition) is 8. The molecule has 1 aliphatic heterocycles. The Balaban J connectivity index is 1.72. The SMILES string of the molecule is CC(=O)OCOC(=O)N1CCC[C@@H](O)[C@@H]1CC(=O)Cn1cnc2cc(Br)c(Cl)cc2c1=O. The lowest BCUT2D eigenvalue weighted by Crippen LogP contribution is -2.52. The molecule has 172 valence electrons. The van der Waals surface area contributed by atoms with Crippen molar-refractivity contribution in [3.63, 3.8) is 0 Å². The average Bonchev–Trinajstić information content (AvgIpc) is 2.73. The number of rotatable bonds is 6. The van der Waals surface area contributed by atoms with Crippen LogP contribution in [0.5, 0.6) is 0 Å². The number of nitrogens with zero attached hydrogens (tertiary/aromatic N) is 3. The van der Waals surface area contributed by atoms with Gasteiger partial charge in [-0.3, -0.25) is 19.0 Å². The van der Waals surface area contributed by atoms with Gasteiger partial charge in [0.1, 0.15) is 0 Å². The molecule has 1 N–H and O–H groups in total. The fraction of sp³-hybridized carbons (Fsp3) is 0.450. The molecule has 0 saturated carbocycles. The summed E-state index contributed by atoms with van der Waals surface area (Å²) < 4.78 is 11.2. The predicted molar refractivity (Wildman–Crippen MR) is 117 cm³/mol. The summed E-state index contributed by atoms with van der Waals surface area (Å²) in [5.41, 5.74) is -0.000956. The van der Waals surface area contributed by atoms with Crippen molar-refractivity contribution < 1.29 is 29.0 Å². The number of halogens is 2. The lowest BCUT2D eigenvalue weighted by atomic mass is 9.95. The second-order valence-electron chi connectivity index (χ2n) is 7.34. The summed E-state index contributed by atoms with van der Waals surface area (Å²) in [6, 6.07) is 2.27. The minimum Gasteiger partial charge on any atom is -0.428 e. The first-order chi connectivity index (χ1) is 15.2. The number of carbonyl (C=O) groups is 3. The minimum absolute atomic E-state index is 0.185. The van der Waals surface area contributed by atoms with Gasteiger partial charge in [0, 0.05) is 24.4 Å². The van der Waals surface area contributed by atoms with Crippen molar-refractivity contribution >= 4 is 56.3 Å². The number of amides is 1. The van der Waals surface area contributed by atoms with Gasteiger partial charge in [-0.2, -0.15) is 0 Å². The summed E-state index contributed by atoms with van der Waals surface area (Å²) in [5, 5.41) is 11.0. The van der Waals surface area contributed by atoms with E-state index in [0.717, 1.165) is 4.57 Å². The van der Waals surface area contributed by atoms with Crippen molar-refractivity contribution in [2.45, 2.75) is 44.9 Å². The number of ether oxygens (including phenoxy) is 2. The fourth-order valence-corrected chi connectivity index (χ4v) is 4.00. The molecule has 0 radical (unpaired) electrons. The highest BCUT2D eigenvalue weighted by atomic mass is 79.9. The molecule has 2 aromatic rings. The van der Waals surface area contributed by atoms with Gasteiger partial charge in [-0.15, -0.1) is 0 Å². The molecule has 1 aliphatic rings. The zero-order valence-corrected chi connectivity index (χ0v) is 19.5. The Morgan fingerprint density at radius 1 is 1.31 bits per heavy atom. The Bertz CT molecular complexity index is 1110. The molecule has 32 heavy (non-hydrogen) atoms. The first kappa shape index (κ1) is 24.1. The van der Waals surface area contributed by atoms with Crippen molar-refractivity contribution in [2.24, 2.45) is 0 Å². The van der Waals surface area contributed by atoms with Crippen LogP contribution >= 0.6 is 27.5 Å². The van der Waals surface area contributed by atoms with E-state index in [4.69, 9.17) is 16.3 Å². The van der Waals surface area contributed by atoms with Gasteiger partial charge < -0.3 is 19.5 Å². The smallest absolute Gasteiger partial charge is 0.413 e. The van der Waals surface area contributed by atoms with E-state index >= 15 is 0 Å². The van der Waals surface area contributed by atoms with Crippen molar-refractivity contribution in [1.82, 2.24) is 14.5 Å². The Morgan fingerprint density at radius 3 is 2.78 bits per heavy atom. The van der Waals surface area contributed by atoms with Gasteiger partial charge in [-0.1, -0.05) is 11.6 Å². The zero-order chi connectivity index (χ0) is 23.4. The van der Waals surface area contributed by atoms with Crippen molar-refractivity contribution in [1.29, 1.82) is 0 Å². The number of aromatic nitrogens is 2. The highest BCUT2D eigenvalue weighted by Gasteiger charge is 2.35. The van der Waals surface area contributed by atoms with E-state index in [9.17, 15) is 24.3 Å². The maximum atomic E-state index is 12.8. The molecular formula is C20H21BrClN3O7. The van der Waals surface area contributed by atoms with Crippen molar-refractivity contribution in [3.8, 4) is 0 Å². The summed E-state index contributed by atoms with van der Waals surface area (Å²) in [5.74, 6) is -0.980.